The standard InChI is InChI=1S/C13H23N3O4/c1-2-5-9(8-11(17)18)15-13(20)16-7-4-3-6-10(16)12(14)19/h9-10H,2-8H2,1H3,(H2,14,19)(H,15,20)(H,17,18). The lowest BCUT2D eigenvalue weighted by Crippen LogP contribution is -2.55. The maximum Gasteiger partial charge on any atom is 0.318 e. The first-order valence-corrected chi connectivity index (χ1v) is 7.04. The Kier molecular flexibility index (Phi) is 6.27. The third-order valence-electron chi connectivity index (χ3n) is 3.48. The third-order valence-corrected chi connectivity index (χ3v) is 3.48. The number of amides is 3. The predicted molar refractivity (Wildman–Crippen MR) is 73.0 cm³/mol. The first kappa shape index (κ1) is 16.3. The largest absolute Gasteiger partial charge is 0.481 e. The van der Waals surface area contributed by atoms with Crippen LogP contribution in [0.3, 0.4) is 0 Å². The van der Waals surface area contributed by atoms with E-state index in [4.69, 9.17) is 10.8 Å². The smallest absolute Gasteiger partial charge is 0.318 e. The highest BCUT2D eigenvalue weighted by Gasteiger charge is 2.31. The molecule has 0 aromatic heterocycles. The molecule has 1 heterocycles. The van der Waals surface area contributed by atoms with E-state index < -0.39 is 30.0 Å². The van der Waals surface area contributed by atoms with E-state index in [1.807, 2.05) is 6.92 Å². The van der Waals surface area contributed by atoms with Crippen LogP contribution in [0.2, 0.25) is 0 Å². The van der Waals surface area contributed by atoms with Crippen molar-refractivity contribution in [3.05, 3.63) is 0 Å². The van der Waals surface area contributed by atoms with Gasteiger partial charge in [-0.2, -0.15) is 0 Å². The number of hydrogen-bond acceptors (Lipinski definition) is 3. The van der Waals surface area contributed by atoms with Crippen LogP contribution < -0.4 is 11.1 Å². The van der Waals surface area contributed by atoms with Crippen molar-refractivity contribution in [2.24, 2.45) is 5.73 Å². The third kappa shape index (κ3) is 4.71. The van der Waals surface area contributed by atoms with Gasteiger partial charge in [-0.3, -0.25) is 9.59 Å². The molecule has 1 aliphatic rings. The summed E-state index contributed by atoms with van der Waals surface area (Å²) in [6, 6.07) is -1.40. The number of likely N-dealkylation sites (tertiary alicyclic amines) is 1. The zero-order valence-corrected chi connectivity index (χ0v) is 11.8. The summed E-state index contributed by atoms with van der Waals surface area (Å²) >= 11 is 0. The molecule has 1 aliphatic heterocycles. The fraction of sp³-hybridized carbons (Fsp3) is 0.769. The molecule has 7 nitrogen and oxygen atoms in total. The topological polar surface area (TPSA) is 113 Å². The minimum Gasteiger partial charge on any atom is -0.481 e. The number of carbonyl (C=O) groups excluding carboxylic acids is 2. The van der Waals surface area contributed by atoms with Crippen LogP contribution in [0.15, 0.2) is 0 Å². The Morgan fingerprint density at radius 3 is 2.65 bits per heavy atom. The molecule has 114 valence electrons. The van der Waals surface area contributed by atoms with E-state index in [1.54, 1.807) is 0 Å². The molecule has 4 N–H and O–H groups in total. The van der Waals surface area contributed by atoms with Crippen LogP contribution in [0.4, 0.5) is 4.79 Å². The molecular formula is C13H23N3O4. The number of nitrogens with one attached hydrogen (secondary N) is 1. The average molecular weight is 285 g/mol. The summed E-state index contributed by atoms with van der Waals surface area (Å²) in [6.45, 7) is 2.40. The van der Waals surface area contributed by atoms with Gasteiger partial charge in [-0.1, -0.05) is 13.3 Å². The van der Waals surface area contributed by atoms with Crippen LogP contribution >= 0.6 is 0 Å². The van der Waals surface area contributed by atoms with Gasteiger partial charge in [0.2, 0.25) is 5.91 Å². The number of piperidine rings is 1. The highest BCUT2D eigenvalue weighted by Crippen LogP contribution is 2.17. The summed E-state index contributed by atoms with van der Waals surface area (Å²) < 4.78 is 0. The molecule has 1 rings (SSSR count). The van der Waals surface area contributed by atoms with Crippen LogP contribution in [0.25, 0.3) is 0 Å². The summed E-state index contributed by atoms with van der Waals surface area (Å²) in [7, 11) is 0. The molecule has 0 radical (unpaired) electrons. The normalized spacial score (nSPS) is 20.2. The molecule has 0 aromatic rings. The average Bonchev–Trinajstić information content (AvgIpc) is 2.38. The van der Waals surface area contributed by atoms with Crippen molar-refractivity contribution < 1.29 is 19.5 Å². The highest BCUT2D eigenvalue weighted by molar-refractivity contribution is 5.86. The van der Waals surface area contributed by atoms with Crippen molar-refractivity contribution in [3.63, 3.8) is 0 Å². The van der Waals surface area contributed by atoms with Gasteiger partial charge in [0.1, 0.15) is 6.04 Å². The minimum absolute atomic E-state index is 0.116. The van der Waals surface area contributed by atoms with Gasteiger partial charge < -0.3 is 21.1 Å². The molecule has 0 aromatic carbocycles. The maximum absolute atomic E-state index is 12.2. The van der Waals surface area contributed by atoms with Crippen LogP contribution in [-0.2, 0) is 9.59 Å². The van der Waals surface area contributed by atoms with Gasteiger partial charge >= 0.3 is 12.0 Å². The van der Waals surface area contributed by atoms with Gasteiger partial charge in [0, 0.05) is 12.6 Å². The Balaban J connectivity index is 2.65. The fourth-order valence-electron chi connectivity index (χ4n) is 2.51. The maximum atomic E-state index is 12.2. The zero-order chi connectivity index (χ0) is 15.1. The van der Waals surface area contributed by atoms with Crippen molar-refractivity contribution in [3.8, 4) is 0 Å². The van der Waals surface area contributed by atoms with E-state index in [9.17, 15) is 14.4 Å². The molecule has 0 spiro atoms. The molecule has 20 heavy (non-hydrogen) atoms. The number of hydrogen-bond donors (Lipinski definition) is 3. The number of carboxylic acids is 1. The van der Waals surface area contributed by atoms with Crippen molar-refractivity contribution >= 4 is 17.9 Å². The first-order chi connectivity index (χ1) is 9.45. The zero-order valence-electron chi connectivity index (χ0n) is 11.8. The number of carboxylic acid groups (broad SMARTS) is 1. The molecule has 0 saturated carbocycles. The van der Waals surface area contributed by atoms with Crippen LogP contribution in [0.1, 0.15) is 45.4 Å². The van der Waals surface area contributed by atoms with Crippen LogP contribution in [0, 0.1) is 0 Å². The number of carbonyl (C=O) groups is 3. The second kappa shape index (κ2) is 7.72. The first-order valence-electron chi connectivity index (χ1n) is 7.04. The summed E-state index contributed by atoms with van der Waals surface area (Å²) in [5.74, 6) is -1.46. The van der Waals surface area contributed by atoms with Crippen molar-refractivity contribution in [2.45, 2.75) is 57.5 Å². The van der Waals surface area contributed by atoms with E-state index in [-0.39, 0.29) is 6.42 Å². The SMILES string of the molecule is CCCC(CC(=O)O)NC(=O)N1CCCCC1C(N)=O. The lowest BCUT2D eigenvalue weighted by Gasteiger charge is -2.34. The molecule has 0 bridgehead atoms. The Labute approximate surface area is 118 Å². The van der Waals surface area contributed by atoms with Gasteiger partial charge in [0.15, 0.2) is 0 Å². The Bertz CT molecular complexity index is 373. The van der Waals surface area contributed by atoms with E-state index in [0.29, 0.717) is 19.4 Å². The molecule has 3 amide bonds. The molecule has 2 atom stereocenters. The number of nitrogens with two attached hydrogens (primary N) is 1. The van der Waals surface area contributed by atoms with Crippen LogP contribution in [-0.4, -0.2) is 46.5 Å². The van der Waals surface area contributed by atoms with Crippen LogP contribution in [0.5, 0.6) is 0 Å². The second-order valence-electron chi connectivity index (χ2n) is 5.14. The molecule has 1 saturated heterocycles. The Hall–Kier alpha value is -1.79. The Morgan fingerprint density at radius 1 is 1.40 bits per heavy atom. The van der Waals surface area contributed by atoms with E-state index in [0.717, 1.165) is 19.3 Å². The lowest BCUT2D eigenvalue weighted by atomic mass is 10.0. The molecule has 7 heteroatoms. The summed E-state index contributed by atoms with van der Waals surface area (Å²) in [4.78, 5) is 35.8. The predicted octanol–water partition coefficient (Wildman–Crippen LogP) is 0.679. The summed E-state index contributed by atoms with van der Waals surface area (Å²) in [6.07, 6.45) is 3.51. The molecule has 1 fully saturated rings. The monoisotopic (exact) mass is 285 g/mol. The number of aliphatic carboxylic acids is 1. The van der Waals surface area contributed by atoms with Gasteiger partial charge in [-0.05, 0) is 25.7 Å². The molecule has 2 unspecified atom stereocenters. The van der Waals surface area contributed by atoms with Crippen molar-refractivity contribution in [1.82, 2.24) is 10.2 Å². The number of rotatable bonds is 6. The van der Waals surface area contributed by atoms with E-state index in [2.05, 4.69) is 5.32 Å². The molecule has 0 aliphatic carbocycles. The molecular weight excluding hydrogens is 262 g/mol. The summed E-state index contributed by atoms with van der Waals surface area (Å²) in [5, 5.41) is 11.5. The van der Waals surface area contributed by atoms with E-state index in [1.165, 1.54) is 4.90 Å². The van der Waals surface area contributed by atoms with Gasteiger partial charge in [0.25, 0.3) is 0 Å². The fourth-order valence-corrected chi connectivity index (χ4v) is 2.51. The summed E-state index contributed by atoms with van der Waals surface area (Å²) in [5.41, 5.74) is 5.31. The van der Waals surface area contributed by atoms with E-state index >= 15 is 0 Å². The van der Waals surface area contributed by atoms with Gasteiger partial charge in [-0.15, -0.1) is 0 Å². The second-order valence-corrected chi connectivity index (χ2v) is 5.14. The number of nitrogens with zero attached hydrogens (tertiary/aromatic N) is 1. The van der Waals surface area contributed by atoms with Crippen molar-refractivity contribution in [1.29, 1.82) is 0 Å². The minimum atomic E-state index is -0.950. The highest BCUT2D eigenvalue weighted by atomic mass is 16.4. The lowest BCUT2D eigenvalue weighted by molar-refractivity contribution is -0.137. The Morgan fingerprint density at radius 2 is 2.10 bits per heavy atom. The van der Waals surface area contributed by atoms with Gasteiger partial charge in [-0.25, -0.2) is 4.79 Å². The van der Waals surface area contributed by atoms with Gasteiger partial charge in [0.05, 0.1) is 6.42 Å². The number of primary amides is 1. The van der Waals surface area contributed by atoms with Crippen molar-refractivity contribution in [2.75, 3.05) is 6.54 Å². The quantitative estimate of drug-likeness (QED) is 0.666. The number of urea groups is 1.